The second kappa shape index (κ2) is 7.34. The highest BCUT2D eigenvalue weighted by Crippen LogP contribution is 2.71. The monoisotopic (exact) mass is 364 g/mol. The standard InChI is InChI=1S/C13H22BO7PS/c1-7-4-8(17-3)9(19-7)6-18-22(15)21-11-10(5-16-2)20-13(14)12(11)23-22/h7-13H,4-6H2,1-3H3/t7-,8+,9+,10+,11-,12?,13+,22?/m0/s1. The molecule has 3 rings (SSSR count). The molecule has 0 aromatic carbocycles. The van der Waals surface area contributed by atoms with Gasteiger partial charge in [0.25, 0.3) is 0 Å². The first-order valence-corrected chi connectivity index (χ1v) is 10.7. The van der Waals surface area contributed by atoms with E-state index in [4.69, 9.17) is 35.8 Å². The van der Waals surface area contributed by atoms with E-state index in [1.165, 1.54) is 0 Å². The number of hydrogen-bond donors (Lipinski definition) is 0. The van der Waals surface area contributed by atoms with Gasteiger partial charge in [-0.2, -0.15) is 0 Å². The Labute approximate surface area is 141 Å². The molecular weight excluding hydrogens is 342 g/mol. The molecule has 0 N–H and O–H groups in total. The molecule has 0 bridgehead atoms. The largest absolute Gasteiger partial charge is 0.390 e. The fraction of sp³-hybridized carbons (Fsp3) is 1.00. The maximum Gasteiger partial charge on any atom is 0.390 e. The number of ether oxygens (including phenoxy) is 4. The van der Waals surface area contributed by atoms with Crippen LogP contribution in [0.3, 0.4) is 0 Å². The van der Waals surface area contributed by atoms with Gasteiger partial charge >= 0.3 is 6.80 Å². The van der Waals surface area contributed by atoms with Crippen LogP contribution >= 0.6 is 18.2 Å². The highest BCUT2D eigenvalue weighted by atomic mass is 32.7. The lowest BCUT2D eigenvalue weighted by atomic mass is 9.95. The Balaban J connectivity index is 1.58. The number of hydrogen-bond acceptors (Lipinski definition) is 8. The maximum absolute atomic E-state index is 12.8. The quantitative estimate of drug-likeness (QED) is 0.517. The van der Waals surface area contributed by atoms with Crippen molar-refractivity contribution < 1.29 is 32.6 Å². The summed E-state index contributed by atoms with van der Waals surface area (Å²) in [6, 6.07) is -0.543. The molecule has 130 valence electrons. The van der Waals surface area contributed by atoms with Gasteiger partial charge in [0, 0.05) is 26.6 Å². The van der Waals surface area contributed by atoms with Crippen LogP contribution in [0.4, 0.5) is 0 Å². The van der Waals surface area contributed by atoms with E-state index in [0.29, 0.717) is 6.61 Å². The Hall–Kier alpha value is 0.405. The van der Waals surface area contributed by atoms with E-state index >= 15 is 0 Å². The van der Waals surface area contributed by atoms with Crippen LogP contribution < -0.4 is 0 Å². The van der Waals surface area contributed by atoms with Gasteiger partial charge < -0.3 is 18.9 Å². The van der Waals surface area contributed by atoms with E-state index < -0.39 is 12.8 Å². The van der Waals surface area contributed by atoms with Crippen LogP contribution in [0, 0.1) is 0 Å². The second-order valence-corrected chi connectivity index (χ2v) is 10.1. The van der Waals surface area contributed by atoms with Crippen LogP contribution in [0.5, 0.6) is 0 Å². The molecule has 23 heavy (non-hydrogen) atoms. The summed E-state index contributed by atoms with van der Waals surface area (Å²) >= 11 is 1.12. The van der Waals surface area contributed by atoms with Crippen molar-refractivity contribution >= 4 is 26.0 Å². The molecule has 3 fully saturated rings. The van der Waals surface area contributed by atoms with E-state index in [0.717, 1.165) is 17.8 Å². The van der Waals surface area contributed by atoms with Gasteiger partial charge in [-0.05, 0) is 18.3 Å². The van der Waals surface area contributed by atoms with E-state index in [1.807, 2.05) is 6.92 Å². The molecule has 3 saturated heterocycles. The summed E-state index contributed by atoms with van der Waals surface area (Å²) < 4.78 is 45.9. The van der Waals surface area contributed by atoms with Crippen LogP contribution in [0.15, 0.2) is 0 Å². The molecule has 3 aliphatic rings. The lowest BCUT2D eigenvalue weighted by Crippen LogP contribution is -2.30. The smallest absolute Gasteiger partial charge is 0.382 e. The van der Waals surface area contributed by atoms with Crippen molar-refractivity contribution in [1.82, 2.24) is 0 Å². The first-order valence-electron chi connectivity index (χ1n) is 7.65. The van der Waals surface area contributed by atoms with Crippen LogP contribution in [0.25, 0.3) is 0 Å². The summed E-state index contributed by atoms with van der Waals surface area (Å²) in [5, 5.41) is -0.220. The van der Waals surface area contributed by atoms with Crippen LogP contribution in [-0.2, 0) is 32.6 Å². The van der Waals surface area contributed by atoms with Crippen molar-refractivity contribution in [2.45, 2.75) is 55.1 Å². The molecule has 2 radical (unpaired) electrons. The van der Waals surface area contributed by atoms with Gasteiger partial charge in [0.05, 0.1) is 30.7 Å². The van der Waals surface area contributed by atoms with Crippen molar-refractivity contribution in [3.8, 4) is 0 Å². The molecule has 3 aliphatic heterocycles. The number of methoxy groups -OCH3 is 2. The summed E-state index contributed by atoms with van der Waals surface area (Å²) in [6.45, 7) is -0.810. The predicted molar refractivity (Wildman–Crippen MR) is 85.9 cm³/mol. The van der Waals surface area contributed by atoms with E-state index in [2.05, 4.69) is 0 Å². The molecule has 0 aliphatic carbocycles. The van der Waals surface area contributed by atoms with E-state index in [1.54, 1.807) is 14.2 Å². The third-order valence-corrected chi connectivity index (χ3v) is 8.35. The van der Waals surface area contributed by atoms with Crippen molar-refractivity contribution in [2.24, 2.45) is 0 Å². The minimum Gasteiger partial charge on any atom is -0.382 e. The van der Waals surface area contributed by atoms with Crippen molar-refractivity contribution in [3.63, 3.8) is 0 Å². The summed E-state index contributed by atoms with van der Waals surface area (Å²) in [7, 11) is 9.15. The van der Waals surface area contributed by atoms with Gasteiger partial charge in [0.2, 0.25) is 0 Å². The van der Waals surface area contributed by atoms with Gasteiger partial charge in [0.1, 0.15) is 26.2 Å². The van der Waals surface area contributed by atoms with Gasteiger partial charge in [-0.25, -0.2) is 4.57 Å². The van der Waals surface area contributed by atoms with E-state index in [9.17, 15) is 4.57 Å². The average Bonchev–Trinajstić information content (AvgIpc) is 3.12. The Morgan fingerprint density at radius 2 is 2.04 bits per heavy atom. The molecular formula is C13H22BO7PS. The van der Waals surface area contributed by atoms with Gasteiger partial charge in [-0.3, -0.25) is 9.05 Å². The zero-order valence-corrected chi connectivity index (χ0v) is 15.2. The molecule has 2 unspecified atom stereocenters. The summed E-state index contributed by atoms with van der Waals surface area (Å²) in [4.78, 5) is 0. The predicted octanol–water partition coefficient (Wildman–Crippen LogP) is 1.34. The second-order valence-electron chi connectivity index (χ2n) is 5.97. The van der Waals surface area contributed by atoms with Crippen LogP contribution in [-0.4, -0.2) is 77.1 Å². The van der Waals surface area contributed by atoms with Gasteiger partial charge in [-0.15, -0.1) is 0 Å². The average molecular weight is 364 g/mol. The molecule has 3 heterocycles. The highest BCUT2D eigenvalue weighted by Gasteiger charge is 2.56. The molecule has 7 nitrogen and oxygen atoms in total. The van der Waals surface area contributed by atoms with Gasteiger partial charge in [0.15, 0.2) is 0 Å². The molecule has 10 heteroatoms. The zero-order valence-electron chi connectivity index (χ0n) is 13.5. The lowest BCUT2D eigenvalue weighted by molar-refractivity contribution is -0.0326. The number of rotatable bonds is 6. The fourth-order valence-corrected chi connectivity index (χ4v) is 7.57. The molecule has 0 saturated carbocycles. The van der Waals surface area contributed by atoms with Crippen molar-refractivity contribution in [1.29, 1.82) is 0 Å². The third kappa shape index (κ3) is 3.82. The van der Waals surface area contributed by atoms with Crippen LogP contribution in [0.2, 0.25) is 0 Å². The Kier molecular flexibility index (Phi) is 5.81. The third-order valence-electron chi connectivity index (χ3n) is 4.26. The van der Waals surface area contributed by atoms with Gasteiger partial charge in [-0.1, -0.05) is 0 Å². The maximum atomic E-state index is 12.8. The Bertz CT molecular complexity index is 470. The topological polar surface area (TPSA) is 72.5 Å². The molecule has 0 aromatic heterocycles. The normalized spacial score (nSPS) is 49.6. The molecule has 0 aromatic rings. The SMILES string of the molecule is [B][C@@H]1O[C@H](COC)[C@@H]2OP(=O)(OC[C@H]3O[C@@H](C)C[C@H]3OC)SC12. The Morgan fingerprint density at radius 1 is 1.26 bits per heavy atom. The van der Waals surface area contributed by atoms with Crippen molar-refractivity contribution in [2.75, 3.05) is 27.4 Å². The minimum atomic E-state index is -3.29. The Morgan fingerprint density at radius 3 is 2.74 bits per heavy atom. The highest BCUT2D eigenvalue weighted by molar-refractivity contribution is 8.55. The molecule has 0 spiro atoms. The first-order chi connectivity index (χ1) is 11.0. The molecule has 8 atom stereocenters. The number of fused-ring (bicyclic) bond motifs is 1. The first kappa shape index (κ1) is 18.2. The summed E-state index contributed by atoms with van der Waals surface area (Å²) in [5.41, 5.74) is 0. The molecule has 0 amide bonds. The fourth-order valence-electron chi connectivity index (χ4n) is 3.17. The summed E-state index contributed by atoms with van der Waals surface area (Å²) in [6.07, 6.45) is -0.133. The van der Waals surface area contributed by atoms with E-state index in [-0.39, 0.29) is 42.4 Å². The summed E-state index contributed by atoms with van der Waals surface area (Å²) in [5.74, 6) is 0. The minimum absolute atomic E-state index is 0.0597. The van der Waals surface area contributed by atoms with Crippen molar-refractivity contribution in [3.05, 3.63) is 0 Å². The lowest BCUT2D eigenvalue weighted by Gasteiger charge is -2.21. The zero-order chi connectivity index (χ0) is 16.6. The van der Waals surface area contributed by atoms with Crippen LogP contribution in [0.1, 0.15) is 13.3 Å².